The molecule has 1 saturated heterocycles. The van der Waals surface area contributed by atoms with Gasteiger partial charge in [0.15, 0.2) is 0 Å². The van der Waals surface area contributed by atoms with E-state index in [1.165, 1.54) is 23.4 Å². The summed E-state index contributed by atoms with van der Waals surface area (Å²) in [5.41, 5.74) is 0.390. The van der Waals surface area contributed by atoms with Crippen LogP contribution in [0.5, 0.6) is 0 Å². The van der Waals surface area contributed by atoms with Crippen molar-refractivity contribution in [3.63, 3.8) is 0 Å². The third-order valence-corrected chi connectivity index (χ3v) is 5.50. The van der Waals surface area contributed by atoms with E-state index in [2.05, 4.69) is 0 Å². The molecule has 0 radical (unpaired) electrons. The molecule has 0 amide bonds. The van der Waals surface area contributed by atoms with Crippen molar-refractivity contribution in [2.45, 2.75) is 37.7 Å². The van der Waals surface area contributed by atoms with E-state index in [-0.39, 0.29) is 22.6 Å². The van der Waals surface area contributed by atoms with Gasteiger partial charge in [0.1, 0.15) is 5.82 Å². The quantitative estimate of drug-likeness (QED) is 0.922. The lowest BCUT2D eigenvalue weighted by Gasteiger charge is -2.26. The first kappa shape index (κ1) is 14.4. The maximum atomic E-state index is 13.7. The van der Waals surface area contributed by atoms with Gasteiger partial charge in [-0.3, -0.25) is 0 Å². The first-order chi connectivity index (χ1) is 8.96. The van der Waals surface area contributed by atoms with E-state index in [0.717, 1.165) is 19.3 Å². The lowest BCUT2D eigenvalue weighted by atomic mass is 10.1. The zero-order valence-corrected chi connectivity index (χ0v) is 11.7. The van der Waals surface area contributed by atoms with Gasteiger partial charge >= 0.3 is 0 Å². The predicted molar refractivity (Wildman–Crippen MR) is 69.7 cm³/mol. The highest BCUT2D eigenvalue weighted by atomic mass is 32.2. The molecule has 1 aliphatic rings. The summed E-state index contributed by atoms with van der Waals surface area (Å²) in [5, 5.41) is 9.08. The molecule has 19 heavy (non-hydrogen) atoms. The van der Waals surface area contributed by atoms with E-state index in [1.54, 1.807) is 0 Å². The summed E-state index contributed by atoms with van der Waals surface area (Å²) in [6.45, 7) is 2.03. The van der Waals surface area contributed by atoms with Gasteiger partial charge in [0.25, 0.3) is 0 Å². The molecule has 0 saturated carbocycles. The monoisotopic (exact) mass is 287 g/mol. The van der Waals surface area contributed by atoms with Gasteiger partial charge in [0.05, 0.1) is 11.5 Å². The van der Waals surface area contributed by atoms with Gasteiger partial charge in [0.2, 0.25) is 10.0 Å². The molecule has 0 aliphatic carbocycles. The largest absolute Gasteiger partial charge is 0.392 e. The molecule has 0 unspecified atom stereocenters. The topological polar surface area (TPSA) is 57.6 Å². The van der Waals surface area contributed by atoms with Gasteiger partial charge in [-0.25, -0.2) is 12.8 Å². The average molecular weight is 287 g/mol. The average Bonchev–Trinajstić information content (AvgIpc) is 2.42. The van der Waals surface area contributed by atoms with E-state index in [1.807, 2.05) is 0 Å². The summed E-state index contributed by atoms with van der Waals surface area (Å²) in [7, 11) is -3.67. The molecule has 1 heterocycles. The highest BCUT2D eigenvalue weighted by molar-refractivity contribution is 7.89. The second kappa shape index (κ2) is 5.56. The van der Waals surface area contributed by atoms with Crippen molar-refractivity contribution in [3.05, 3.63) is 29.1 Å². The van der Waals surface area contributed by atoms with Crippen LogP contribution in [0.2, 0.25) is 0 Å². The normalized spacial score (nSPS) is 17.6. The first-order valence-corrected chi connectivity index (χ1v) is 7.81. The Morgan fingerprint density at radius 3 is 2.47 bits per heavy atom. The van der Waals surface area contributed by atoms with Crippen molar-refractivity contribution < 1.29 is 17.9 Å². The Morgan fingerprint density at radius 1 is 1.26 bits per heavy atom. The summed E-state index contributed by atoms with van der Waals surface area (Å²) >= 11 is 0. The van der Waals surface area contributed by atoms with Crippen molar-refractivity contribution in [1.82, 2.24) is 4.31 Å². The van der Waals surface area contributed by atoms with Crippen LogP contribution in [0.4, 0.5) is 4.39 Å². The molecule has 1 N–H and O–H groups in total. The Bertz CT molecular complexity index is 565. The van der Waals surface area contributed by atoms with E-state index in [4.69, 9.17) is 5.11 Å². The van der Waals surface area contributed by atoms with Crippen molar-refractivity contribution in [3.8, 4) is 0 Å². The van der Waals surface area contributed by atoms with Gasteiger partial charge < -0.3 is 5.11 Å². The summed E-state index contributed by atoms with van der Waals surface area (Å²) in [6, 6.07) is 2.53. The fourth-order valence-corrected chi connectivity index (χ4v) is 4.11. The molecule has 1 aromatic rings. The first-order valence-electron chi connectivity index (χ1n) is 6.37. The smallest absolute Gasteiger partial charge is 0.243 e. The number of rotatable bonds is 3. The maximum absolute atomic E-state index is 13.7. The van der Waals surface area contributed by atoms with Crippen LogP contribution < -0.4 is 0 Å². The molecular formula is C13H18FNO3S. The molecule has 0 aromatic heterocycles. The number of hydrogen-bond acceptors (Lipinski definition) is 3. The third kappa shape index (κ3) is 2.80. The number of hydrogen-bond donors (Lipinski definition) is 1. The summed E-state index contributed by atoms with van der Waals surface area (Å²) in [4.78, 5) is -0.0292. The number of benzene rings is 1. The zero-order valence-electron chi connectivity index (χ0n) is 10.9. The molecule has 1 aliphatic heterocycles. The maximum Gasteiger partial charge on any atom is 0.243 e. The SMILES string of the molecule is Cc1c(F)cc(CO)cc1S(=O)(=O)N1CCCCC1. The van der Waals surface area contributed by atoms with Crippen LogP contribution in [-0.4, -0.2) is 30.9 Å². The summed E-state index contributed by atoms with van der Waals surface area (Å²) in [6.07, 6.45) is 2.69. The molecule has 0 bridgehead atoms. The number of aliphatic hydroxyl groups is 1. The standard InChI is InChI=1S/C13H18FNO3S/c1-10-12(14)7-11(9-16)8-13(10)19(17,18)15-5-3-2-4-6-15/h7-8,16H,2-6,9H2,1H3. The van der Waals surface area contributed by atoms with Crippen LogP contribution in [0, 0.1) is 12.7 Å². The van der Waals surface area contributed by atoms with Crippen LogP contribution in [0.15, 0.2) is 17.0 Å². The fourth-order valence-electron chi connectivity index (χ4n) is 2.31. The lowest BCUT2D eigenvalue weighted by molar-refractivity contribution is 0.280. The molecule has 4 nitrogen and oxygen atoms in total. The Balaban J connectivity index is 2.47. The summed E-state index contributed by atoms with van der Waals surface area (Å²) in [5.74, 6) is -0.595. The van der Waals surface area contributed by atoms with Crippen molar-refractivity contribution >= 4 is 10.0 Å². The molecule has 1 fully saturated rings. The zero-order chi connectivity index (χ0) is 14.0. The van der Waals surface area contributed by atoms with Gasteiger partial charge in [-0.1, -0.05) is 6.42 Å². The number of nitrogens with zero attached hydrogens (tertiary/aromatic N) is 1. The number of aliphatic hydroxyl groups excluding tert-OH is 1. The Hall–Kier alpha value is -0.980. The third-order valence-electron chi connectivity index (χ3n) is 3.47. The Kier molecular flexibility index (Phi) is 4.23. The van der Waals surface area contributed by atoms with Crippen LogP contribution in [-0.2, 0) is 16.6 Å². The second-order valence-electron chi connectivity index (χ2n) is 4.82. The molecule has 2 rings (SSSR count). The number of halogens is 1. The summed E-state index contributed by atoms with van der Waals surface area (Å²) < 4.78 is 40.1. The van der Waals surface area contributed by atoms with Gasteiger partial charge in [-0.2, -0.15) is 4.31 Å². The van der Waals surface area contributed by atoms with E-state index in [9.17, 15) is 12.8 Å². The minimum atomic E-state index is -3.67. The molecule has 106 valence electrons. The predicted octanol–water partition coefficient (Wildman–Crippen LogP) is 1.80. The molecule has 1 aromatic carbocycles. The van der Waals surface area contributed by atoms with Crippen LogP contribution >= 0.6 is 0 Å². The lowest BCUT2D eigenvalue weighted by Crippen LogP contribution is -2.36. The fraction of sp³-hybridized carbons (Fsp3) is 0.538. The Labute approximate surface area is 112 Å². The molecule has 0 spiro atoms. The van der Waals surface area contributed by atoms with Crippen molar-refractivity contribution in [1.29, 1.82) is 0 Å². The number of piperidine rings is 1. The van der Waals surface area contributed by atoms with Gasteiger partial charge in [0, 0.05) is 18.7 Å². The Morgan fingerprint density at radius 2 is 1.89 bits per heavy atom. The van der Waals surface area contributed by atoms with Crippen LogP contribution in [0.1, 0.15) is 30.4 Å². The molecular weight excluding hydrogens is 269 g/mol. The molecule has 0 atom stereocenters. The van der Waals surface area contributed by atoms with Gasteiger partial charge in [-0.15, -0.1) is 0 Å². The molecule has 6 heteroatoms. The van der Waals surface area contributed by atoms with E-state index in [0.29, 0.717) is 13.1 Å². The highest BCUT2D eigenvalue weighted by Gasteiger charge is 2.28. The highest BCUT2D eigenvalue weighted by Crippen LogP contribution is 2.26. The van der Waals surface area contributed by atoms with E-state index < -0.39 is 15.8 Å². The van der Waals surface area contributed by atoms with Crippen molar-refractivity contribution in [2.24, 2.45) is 0 Å². The second-order valence-corrected chi connectivity index (χ2v) is 6.73. The van der Waals surface area contributed by atoms with E-state index >= 15 is 0 Å². The van der Waals surface area contributed by atoms with Crippen molar-refractivity contribution in [2.75, 3.05) is 13.1 Å². The van der Waals surface area contributed by atoms with Crippen LogP contribution in [0.3, 0.4) is 0 Å². The minimum Gasteiger partial charge on any atom is -0.392 e. The van der Waals surface area contributed by atoms with Gasteiger partial charge in [-0.05, 0) is 37.5 Å². The number of sulfonamides is 1. The minimum absolute atomic E-state index is 0.0292. The van der Waals surface area contributed by atoms with Crippen LogP contribution in [0.25, 0.3) is 0 Å².